The minimum atomic E-state index is -5.03. The summed E-state index contributed by atoms with van der Waals surface area (Å²) < 4.78 is 122. The molecule has 1 saturated carbocycles. The van der Waals surface area contributed by atoms with Gasteiger partial charge in [-0.25, -0.2) is 8.78 Å². The van der Waals surface area contributed by atoms with Crippen molar-refractivity contribution in [1.29, 1.82) is 0 Å². The first-order valence-electron chi connectivity index (χ1n) is 18.0. The van der Waals surface area contributed by atoms with Crippen molar-refractivity contribution < 1.29 is 49.4 Å². The maximum Gasteiger partial charge on any atom is 0.416 e. The molecule has 3 rings (SSSR count). The first kappa shape index (κ1) is 45.1. The van der Waals surface area contributed by atoms with Crippen molar-refractivity contribution in [3.8, 4) is 0 Å². The van der Waals surface area contributed by atoms with Crippen LogP contribution in [0.4, 0.5) is 35.1 Å². The van der Waals surface area contributed by atoms with E-state index in [1.54, 1.807) is 45.0 Å². The minimum absolute atomic E-state index is 0.0561. The molecule has 0 radical (unpaired) electrons. The van der Waals surface area contributed by atoms with Gasteiger partial charge in [-0.3, -0.25) is 14.4 Å². The van der Waals surface area contributed by atoms with E-state index in [0.717, 1.165) is 29.2 Å². The number of allylic oxidation sites excluding steroid dienone is 4. The van der Waals surface area contributed by atoms with Crippen LogP contribution in [0.25, 0.3) is 5.57 Å². The number of halogens is 8. The van der Waals surface area contributed by atoms with Crippen LogP contribution in [-0.2, 0) is 26.9 Å². The molecular formula is C40H49F8N3O4. The van der Waals surface area contributed by atoms with Crippen molar-refractivity contribution in [2.24, 2.45) is 5.92 Å². The lowest BCUT2D eigenvalue weighted by atomic mass is 9.89. The van der Waals surface area contributed by atoms with Gasteiger partial charge in [0.2, 0.25) is 5.91 Å². The molecule has 304 valence electrons. The highest BCUT2D eigenvalue weighted by Crippen LogP contribution is 2.43. The molecule has 1 heterocycles. The number of rotatable bonds is 17. The Bertz CT molecular complexity index is 1830. The van der Waals surface area contributed by atoms with Crippen LogP contribution in [0.5, 0.6) is 0 Å². The summed E-state index contributed by atoms with van der Waals surface area (Å²) in [5.74, 6) is -6.03. The Morgan fingerprint density at radius 1 is 1.05 bits per heavy atom. The third-order valence-corrected chi connectivity index (χ3v) is 9.15. The summed E-state index contributed by atoms with van der Waals surface area (Å²) in [5, 5.41) is 2.22. The van der Waals surface area contributed by atoms with Gasteiger partial charge < -0.3 is 19.5 Å². The number of hydrogen-bond donors (Lipinski definition) is 1. The van der Waals surface area contributed by atoms with Crippen molar-refractivity contribution in [2.45, 2.75) is 103 Å². The lowest BCUT2D eigenvalue weighted by molar-refractivity contribution is -0.143. The predicted molar refractivity (Wildman–Crippen MR) is 195 cm³/mol. The van der Waals surface area contributed by atoms with Gasteiger partial charge in [0, 0.05) is 23.4 Å². The monoisotopic (exact) mass is 787 g/mol. The Morgan fingerprint density at radius 3 is 2.15 bits per heavy atom. The Balaban J connectivity index is 2.21. The molecular weight excluding hydrogens is 738 g/mol. The normalized spacial score (nSPS) is 15.5. The SMILES string of the molecule is C=C(/C=C(\C(F)=C(/F)[C@H](CC(=O)OCC)NC(=O)C(CC(C)C)n1cc(CCCN(C)C)c(C(F)(F)F)cc1=O)c1c(C)cc(C2CC2)cc1C)C(F)(F)F. The van der Waals surface area contributed by atoms with Crippen LogP contribution in [0.2, 0.25) is 0 Å². The third kappa shape index (κ3) is 12.4. The van der Waals surface area contributed by atoms with Crippen molar-refractivity contribution in [3.63, 3.8) is 0 Å². The van der Waals surface area contributed by atoms with Gasteiger partial charge in [-0.05, 0) is 119 Å². The number of esters is 1. The third-order valence-electron chi connectivity index (χ3n) is 9.15. The predicted octanol–water partition coefficient (Wildman–Crippen LogP) is 9.23. The van der Waals surface area contributed by atoms with Gasteiger partial charge in [-0.1, -0.05) is 32.6 Å². The fraction of sp³-hybridized carbons (Fsp3) is 0.525. The number of nitrogens with zero attached hydrogens (tertiary/aromatic N) is 2. The number of aromatic nitrogens is 1. The van der Waals surface area contributed by atoms with Gasteiger partial charge in [0.05, 0.1) is 24.6 Å². The number of benzene rings is 1. The molecule has 2 aromatic rings. The number of nitrogens with one attached hydrogen (secondary N) is 1. The standard InChI is InChI=1S/C40H49F8N3O4/c1-9-55-34(53)20-31(37(42)36(41)29(18-25(6)39(43,44)45)35-23(4)16-28(17-24(35)5)26-12-13-26)49-38(54)32(15-22(2)3)51-21-27(11-10-14-50(7)8)30(19-33(51)52)40(46,47)48/h16-19,21-22,26,31-32H,6,9-15,20H2,1-5,7-8H3,(H,49,54)/b29-18-,37-36+/t31-,32?/m0/s1. The van der Waals surface area contributed by atoms with Gasteiger partial charge in [-0.2, -0.15) is 26.3 Å². The highest BCUT2D eigenvalue weighted by atomic mass is 19.4. The Kier molecular flexibility index (Phi) is 15.2. The van der Waals surface area contributed by atoms with E-state index < -0.39 is 76.7 Å². The zero-order valence-corrected chi connectivity index (χ0v) is 32.1. The molecule has 0 spiro atoms. The maximum atomic E-state index is 16.6. The van der Waals surface area contributed by atoms with Gasteiger partial charge in [0.15, 0.2) is 11.7 Å². The first-order valence-corrected chi connectivity index (χ1v) is 18.0. The largest absolute Gasteiger partial charge is 0.466 e. The highest BCUT2D eigenvalue weighted by molar-refractivity contribution is 5.85. The van der Waals surface area contributed by atoms with Crippen LogP contribution in [0.1, 0.15) is 98.2 Å². The van der Waals surface area contributed by atoms with Crippen molar-refractivity contribution in [3.05, 3.63) is 98.0 Å². The Morgan fingerprint density at radius 2 is 1.65 bits per heavy atom. The highest BCUT2D eigenvalue weighted by Gasteiger charge is 2.37. The molecule has 55 heavy (non-hydrogen) atoms. The summed E-state index contributed by atoms with van der Waals surface area (Å²) in [5.41, 5.74) is -3.45. The van der Waals surface area contributed by atoms with E-state index in [1.807, 2.05) is 0 Å². The van der Waals surface area contributed by atoms with E-state index in [9.17, 15) is 40.7 Å². The van der Waals surface area contributed by atoms with E-state index in [2.05, 4.69) is 11.9 Å². The quantitative estimate of drug-likeness (QED) is 0.0983. The number of pyridine rings is 1. The second-order valence-corrected chi connectivity index (χ2v) is 14.6. The number of carbonyl (C=O) groups is 2. The zero-order valence-electron chi connectivity index (χ0n) is 32.1. The van der Waals surface area contributed by atoms with E-state index in [0.29, 0.717) is 29.8 Å². The minimum Gasteiger partial charge on any atom is -0.466 e. The molecule has 1 aromatic heterocycles. The van der Waals surface area contributed by atoms with Crippen LogP contribution in [-0.4, -0.2) is 60.8 Å². The number of ether oxygens (including phenoxy) is 1. The van der Waals surface area contributed by atoms with Crippen molar-refractivity contribution >= 4 is 17.4 Å². The van der Waals surface area contributed by atoms with Gasteiger partial charge in [0.25, 0.3) is 5.56 Å². The number of amides is 1. The molecule has 1 unspecified atom stereocenters. The fourth-order valence-electron chi connectivity index (χ4n) is 6.39. The molecule has 1 N–H and O–H groups in total. The van der Waals surface area contributed by atoms with E-state index in [-0.39, 0.29) is 48.8 Å². The zero-order chi connectivity index (χ0) is 41.6. The second kappa shape index (κ2) is 18.6. The second-order valence-electron chi connectivity index (χ2n) is 14.6. The topological polar surface area (TPSA) is 80.6 Å². The number of hydrogen-bond acceptors (Lipinski definition) is 5. The van der Waals surface area contributed by atoms with Crippen LogP contribution >= 0.6 is 0 Å². The molecule has 0 aliphatic heterocycles. The maximum absolute atomic E-state index is 16.6. The molecule has 1 aromatic carbocycles. The van der Waals surface area contributed by atoms with Crippen LogP contribution in [0.15, 0.2) is 59.1 Å². The van der Waals surface area contributed by atoms with Gasteiger partial charge in [0.1, 0.15) is 6.04 Å². The van der Waals surface area contributed by atoms with Crippen LogP contribution in [0, 0.1) is 19.8 Å². The molecule has 1 amide bonds. The molecule has 15 heteroatoms. The van der Waals surface area contributed by atoms with E-state index in [1.165, 1.54) is 20.8 Å². The Labute approximate surface area is 316 Å². The van der Waals surface area contributed by atoms with Crippen LogP contribution in [0.3, 0.4) is 0 Å². The molecule has 7 nitrogen and oxygen atoms in total. The lowest BCUT2D eigenvalue weighted by Crippen LogP contribution is -2.44. The Hall–Kier alpha value is -4.27. The molecule has 0 bridgehead atoms. The summed E-state index contributed by atoms with van der Waals surface area (Å²) in [6, 6.07) is 0.00828. The summed E-state index contributed by atoms with van der Waals surface area (Å²) in [4.78, 5) is 41.7. The molecule has 1 aliphatic carbocycles. The number of carbonyl (C=O) groups excluding carboxylic acids is 2. The average Bonchev–Trinajstić information content (AvgIpc) is 3.91. The summed E-state index contributed by atoms with van der Waals surface area (Å²) in [6.07, 6.45) is -7.85. The van der Waals surface area contributed by atoms with Gasteiger partial charge >= 0.3 is 18.3 Å². The molecule has 2 atom stereocenters. The van der Waals surface area contributed by atoms with E-state index in [4.69, 9.17) is 4.74 Å². The lowest BCUT2D eigenvalue weighted by Gasteiger charge is -2.26. The smallest absolute Gasteiger partial charge is 0.416 e. The average molecular weight is 788 g/mol. The summed E-state index contributed by atoms with van der Waals surface area (Å²) in [6.45, 7) is 11.0. The van der Waals surface area contributed by atoms with E-state index >= 15 is 8.78 Å². The first-order chi connectivity index (χ1) is 25.5. The molecule has 1 fully saturated rings. The fourth-order valence-corrected chi connectivity index (χ4v) is 6.39. The summed E-state index contributed by atoms with van der Waals surface area (Å²) >= 11 is 0. The number of aryl methyl sites for hydroxylation is 3. The molecule has 1 aliphatic rings. The van der Waals surface area contributed by atoms with Gasteiger partial charge in [-0.15, -0.1) is 0 Å². The molecule has 0 saturated heterocycles. The van der Waals surface area contributed by atoms with Crippen LogP contribution < -0.4 is 10.9 Å². The van der Waals surface area contributed by atoms with Crippen molar-refractivity contribution in [1.82, 2.24) is 14.8 Å². The number of alkyl halides is 6. The van der Waals surface area contributed by atoms with Crippen molar-refractivity contribution in [2.75, 3.05) is 27.2 Å². The summed E-state index contributed by atoms with van der Waals surface area (Å²) in [7, 11) is 3.46.